The highest BCUT2D eigenvalue weighted by atomic mass is 32.2. The number of pyridine rings is 1. The van der Waals surface area contributed by atoms with Gasteiger partial charge in [-0.3, -0.25) is 4.79 Å². The third-order valence-corrected chi connectivity index (χ3v) is 3.90. The minimum Gasteiger partial charge on any atom is -0.398 e. The minimum absolute atomic E-state index is 0.182. The van der Waals surface area contributed by atoms with Crippen molar-refractivity contribution in [1.29, 1.82) is 0 Å². The maximum Gasteiger partial charge on any atom is 0.270 e. The third kappa shape index (κ3) is 3.17. The molecule has 1 atom stereocenters. The van der Waals surface area contributed by atoms with Gasteiger partial charge >= 0.3 is 0 Å². The van der Waals surface area contributed by atoms with Crippen LogP contribution in [0.3, 0.4) is 0 Å². The van der Waals surface area contributed by atoms with E-state index in [0.29, 0.717) is 23.2 Å². The van der Waals surface area contributed by atoms with Gasteiger partial charge in [0, 0.05) is 22.9 Å². The van der Waals surface area contributed by atoms with Gasteiger partial charge < -0.3 is 11.1 Å². The number of amides is 1. The van der Waals surface area contributed by atoms with Crippen LogP contribution in [0.1, 0.15) is 17.4 Å². The predicted octanol–water partition coefficient (Wildman–Crippen LogP) is 2.30. The molecule has 2 rings (SSSR count). The number of hydrogen-bond donors (Lipinski definition) is 2. The molecule has 19 heavy (non-hydrogen) atoms. The van der Waals surface area contributed by atoms with E-state index < -0.39 is 0 Å². The van der Waals surface area contributed by atoms with Gasteiger partial charge in [0.25, 0.3) is 5.91 Å². The monoisotopic (exact) mass is 275 g/mol. The van der Waals surface area contributed by atoms with Crippen LogP contribution in [0.5, 0.6) is 0 Å². The molecule has 4 nitrogen and oxygen atoms in total. The highest BCUT2D eigenvalue weighted by Gasteiger charge is 2.11. The molecule has 2 aromatic rings. The first-order valence-corrected chi connectivity index (χ1v) is 7.37. The van der Waals surface area contributed by atoms with Crippen molar-refractivity contribution in [3.63, 3.8) is 0 Å². The van der Waals surface area contributed by atoms with Gasteiger partial charge in [-0.1, -0.05) is 25.1 Å². The summed E-state index contributed by atoms with van der Waals surface area (Å²) in [5.74, 6) is -0.182. The standard InChI is InChI=1S/C14H17N3OS/c1-9(19-2)8-16-14(18)13-7-11(15)10-5-3-4-6-12(10)17-13/h3-7,9H,8H2,1-2H3,(H2,15,17)(H,16,18). The molecule has 1 unspecified atom stereocenters. The molecule has 0 saturated carbocycles. The first kappa shape index (κ1) is 13.7. The minimum atomic E-state index is -0.182. The number of rotatable bonds is 4. The average molecular weight is 275 g/mol. The van der Waals surface area contributed by atoms with Crippen LogP contribution < -0.4 is 11.1 Å². The zero-order valence-electron chi connectivity index (χ0n) is 11.0. The summed E-state index contributed by atoms with van der Waals surface area (Å²) in [6.07, 6.45) is 2.02. The lowest BCUT2D eigenvalue weighted by atomic mass is 10.1. The Morgan fingerprint density at radius 3 is 2.95 bits per heavy atom. The van der Waals surface area contributed by atoms with Crippen LogP contribution in [0.25, 0.3) is 10.9 Å². The maximum absolute atomic E-state index is 12.0. The second-order valence-corrected chi connectivity index (χ2v) is 5.65. The Labute approximate surface area is 116 Å². The highest BCUT2D eigenvalue weighted by molar-refractivity contribution is 7.99. The van der Waals surface area contributed by atoms with Crippen molar-refractivity contribution in [1.82, 2.24) is 10.3 Å². The van der Waals surface area contributed by atoms with Crippen LogP contribution in [0.2, 0.25) is 0 Å². The molecule has 0 aliphatic rings. The molecular formula is C14H17N3OS. The number of nitrogens with zero attached hydrogens (tertiary/aromatic N) is 1. The lowest BCUT2D eigenvalue weighted by Gasteiger charge is -2.10. The number of para-hydroxylation sites is 1. The van der Waals surface area contributed by atoms with Crippen molar-refractivity contribution >= 4 is 34.3 Å². The number of hydrogen-bond acceptors (Lipinski definition) is 4. The SMILES string of the molecule is CSC(C)CNC(=O)c1cc(N)c2ccccc2n1. The van der Waals surface area contributed by atoms with E-state index in [1.807, 2.05) is 30.5 Å². The quantitative estimate of drug-likeness (QED) is 0.898. The first-order chi connectivity index (χ1) is 9.11. The van der Waals surface area contributed by atoms with Gasteiger partial charge in [-0.25, -0.2) is 4.98 Å². The molecule has 0 spiro atoms. The van der Waals surface area contributed by atoms with E-state index in [1.54, 1.807) is 17.8 Å². The second kappa shape index (κ2) is 5.93. The molecular weight excluding hydrogens is 258 g/mol. The van der Waals surface area contributed by atoms with Crippen molar-refractivity contribution in [2.24, 2.45) is 0 Å². The summed E-state index contributed by atoms with van der Waals surface area (Å²) < 4.78 is 0. The Hall–Kier alpha value is -1.75. The van der Waals surface area contributed by atoms with Gasteiger partial charge in [-0.05, 0) is 18.4 Å². The van der Waals surface area contributed by atoms with Crippen LogP contribution >= 0.6 is 11.8 Å². The Balaban J connectivity index is 2.23. The molecule has 3 N–H and O–H groups in total. The molecule has 1 aromatic heterocycles. The summed E-state index contributed by atoms with van der Waals surface area (Å²) >= 11 is 1.71. The highest BCUT2D eigenvalue weighted by Crippen LogP contribution is 2.19. The summed E-state index contributed by atoms with van der Waals surface area (Å²) in [6, 6.07) is 9.16. The van der Waals surface area contributed by atoms with Crippen molar-refractivity contribution in [2.75, 3.05) is 18.5 Å². The molecule has 0 bridgehead atoms. The Morgan fingerprint density at radius 2 is 2.21 bits per heavy atom. The number of fused-ring (bicyclic) bond motifs is 1. The zero-order valence-corrected chi connectivity index (χ0v) is 11.8. The second-order valence-electron chi connectivity index (χ2n) is 4.37. The molecule has 100 valence electrons. The van der Waals surface area contributed by atoms with E-state index in [2.05, 4.69) is 17.2 Å². The molecule has 1 aromatic carbocycles. The number of anilines is 1. The molecule has 0 saturated heterocycles. The van der Waals surface area contributed by atoms with Crippen LogP contribution in [0.4, 0.5) is 5.69 Å². The van der Waals surface area contributed by atoms with Crippen LogP contribution in [-0.4, -0.2) is 28.9 Å². The van der Waals surface area contributed by atoms with E-state index in [1.165, 1.54) is 0 Å². The normalized spacial score (nSPS) is 12.3. The van der Waals surface area contributed by atoms with E-state index in [4.69, 9.17) is 5.73 Å². The number of nitrogens with one attached hydrogen (secondary N) is 1. The topological polar surface area (TPSA) is 68.0 Å². The summed E-state index contributed by atoms with van der Waals surface area (Å²) in [4.78, 5) is 16.4. The molecule has 1 amide bonds. The number of nitrogens with two attached hydrogens (primary N) is 1. The summed E-state index contributed by atoms with van der Waals surface area (Å²) in [5, 5.41) is 4.11. The zero-order chi connectivity index (χ0) is 13.8. The largest absolute Gasteiger partial charge is 0.398 e. The third-order valence-electron chi connectivity index (χ3n) is 2.93. The van der Waals surface area contributed by atoms with Crippen LogP contribution in [0.15, 0.2) is 30.3 Å². The molecule has 0 aliphatic carbocycles. The molecule has 0 radical (unpaired) electrons. The number of aromatic nitrogens is 1. The summed E-state index contributed by atoms with van der Waals surface area (Å²) in [5.41, 5.74) is 7.64. The fourth-order valence-electron chi connectivity index (χ4n) is 1.73. The van der Waals surface area contributed by atoms with E-state index in [-0.39, 0.29) is 5.91 Å². The average Bonchev–Trinajstić information content (AvgIpc) is 2.44. The van der Waals surface area contributed by atoms with Crippen LogP contribution in [-0.2, 0) is 0 Å². The fraction of sp³-hybridized carbons (Fsp3) is 0.286. The van der Waals surface area contributed by atoms with Crippen molar-refractivity contribution < 1.29 is 4.79 Å². The van der Waals surface area contributed by atoms with Gasteiger partial charge in [0.15, 0.2) is 0 Å². The molecule has 1 heterocycles. The smallest absolute Gasteiger partial charge is 0.270 e. The van der Waals surface area contributed by atoms with E-state index in [9.17, 15) is 4.79 Å². The van der Waals surface area contributed by atoms with Gasteiger partial charge in [-0.15, -0.1) is 0 Å². The Morgan fingerprint density at radius 1 is 1.47 bits per heavy atom. The predicted molar refractivity (Wildman–Crippen MR) is 81.5 cm³/mol. The van der Waals surface area contributed by atoms with Gasteiger partial charge in [0.2, 0.25) is 0 Å². The fourth-order valence-corrected chi connectivity index (χ4v) is 1.98. The van der Waals surface area contributed by atoms with Gasteiger partial charge in [0.05, 0.1) is 5.52 Å². The Kier molecular flexibility index (Phi) is 4.27. The van der Waals surface area contributed by atoms with E-state index in [0.717, 1.165) is 10.9 Å². The first-order valence-electron chi connectivity index (χ1n) is 6.08. The van der Waals surface area contributed by atoms with Gasteiger partial charge in [0.1, 0.15) is 5.69 Å². The van der Waals surface area contributed by atoms with Crippen LogP contribution in [0, 0.1) is 0 Å². The van der Waals surface area contributed by atoms with Crippen molar-refractivity contribution in [3.05, 3.63) is 36.0 Å². The molecule has 0 fully saturated rings. The van der Waals surface area contributed by atoms with Crippen molar-refractivity contribution in [2.45, 2.75) is 12.2 Å². The number of thioether (sulfide) groups is 1. The number of carbonyl (C=O) groups excluding carboxylic acids is 1. The number of carbonyl (C=O) groups is 1. The number of benzene rings is 1. The summed E-state index contributed by atoms with van der Waals surface area (Å²) in [7, 11) is 0. The summed E-state index contributed by atoms with van der Waals surface area (Å²) in [6.45, 7) is 2.68. The number of nitrogen functional groups attached to an aromatic ring is 1. The van der Waals surface area contributed by atoms with E-state index >= 15 is 0 Å². The molecule has 5 heteroatoms. The van der Waals surface area contributed by atoms with Gasteiger partial charge in [-0.2, -0.15) is 11.8 Å². The maximum atomic E-state index is 12.0. The Bertz CT molecular complexity index is 600. The molecule has 0 aliphatic heterocycles. The van der Waals surface area contributed by atoms with Crippen molar-refractivity contribution in [3.8, 4) is 0 Å². The lowest BCUT2D eigenvalue weighted by molar-refractivity contribution is 0.0949. The lowest BCUT2D eigenvalue weighted by Crippen LogP contribution is -2.30.